The van der Waals surface area contributed by atoms with Gasteiger partial charge in [-0.2, -0.15) is 0 Å². The van der Waals surface area contributed by atoms with Crippen molar-refractivity contribution in [2.45, 2.75) is 51.1 Å². The number of rotatable bonds is 2. The van der Waals surface area contributed by atoms with Crippen molar-refractivity contribution in [1.29, 1.82) is 0 Å². The number of benzene rings is 1. The maximum absolute atomic E-state index is 6.10. The average molecular weight is 279 g/mol. The second-order valence-electron chi connectivity index (χ2n) is 6.07. The molecule has 1 aromatic carbocycles. The van der Waals surface area contributed by atoms with Gasteiger partial charge in [0.15, 0.2) is 0 Å². The largest absolute Gasteiger partial charge is 0.398 e. The van der Waals surface area contributed by atoms with E-state index >= 15 is 0 Å². The zero-order valence-corrected chi connectivity index (χ0v) is 12.2. The minimum Gasteiger partial charge on any atom is -0.398 e. The SMILES string of the molecule is Nc1ccc(Cl)cc1CN1CCC[C@H]2CCCC[C@H]21. The smallest absolute Gasteiger partial charge is 0.0410 e. The minimum atomic E-state index is 0.779. The standard InChI is InChI=1S/C16H23ClN2/c17-14-7-8-15(18)13(10-14)11-19-9-3-5-12-4-1-2-6-16(12)19/h7-8,10,12,16H,1-6,9,11,18H2/t12-,16-/m1/s1. The van der Waals surface area contributed by atoms with Crippen LogP contribution in [0, 0.1) is 5.92 Å². The van der Waals surface area contributed by atoms with E-state index in [1.807, 2.05) is 18.2 Å². The van der Waals surface area contributed by atoms with Gasteiger partial charge in [-0.1, -0.05) is 24.4 Å². The Bertz CT molecular complexity index is 444. The molecule has 1 aromatic rings. The van der Waals surface area contributed by atoms with Crippen molar-refractivity contribution in [3.8, 4) is 0 Å². The number of halogens is 1. The van der Waals surface area contributed by atoms with E-state index in [2.05, 4.69) is 4.90 Å². The highest BCUT2D eigenvalue weighted by molar-refractivity contribution is 6.30. The molecule has 1 saturated heterocycles. The number of nitrogens with two attached hydrogens (primary N) is 1. The number of likely N-dealkylation sites (tertiary alicyclic amines) is 1. The molecule has 0 aromatic heterocycles. The summed E-state index contributed by atoms with van der Waals surface area (Å²) < 4.78 is 0. The van der Waals surface area contributed by atoms with Gasteiger partial charge < -0.3 is 5.73 Å². The van der Waals surface area contributed by atoms with Crippen LogP contribution in [0.1, 0.15) is 44.1 Å². The van der Waals surface area contributed by atoms with Gasteiger partial charge in [0.05, 0.1) is 0 Å². The number of hydrogen-bond donors (Lipinski definition) is 1. The van der Waals surface area contributed by atoms with Crippen molar-refractivity contribution >= 4 is 17.3 Å². The second kappa shape index (κ2) is 5.72. The van der Waals surface area contributed by atoms with Crippen molar-refractivity contribution in [2.75, 3.05) is 12.3 Å². The van der Waals surface area contributed by atoms with Gasteiger partial charge in [0.2, 0.25) is 0 Å². The molecule has 0 unspecified atom stereocenters. The molecule has 104 valence electrons. The van der Waals surface area contributed by atoms with Crippen LogP contribution in [0.3, 0.4) is 0 Å². The molecule has 0 bridgehead atoms. The van der Waals surface area contributed by atoms with Crippen LogP contribution in [0.2, 0.25) is 5.02 Å². The topological polar surface area (TPSA) is 29.3 Å². The normalized spacial score (nSPS) is 28.1. The summed E-state index contributed by atoms with van der Waals surface area (Å²) in [5, 5.41) is 0.793. The van der Waals surface area contributed by atoms with Gasteiger partial charge in [-0.05, 0) is 61.9 Å². The fraction of sp³-hybridized carbons (Fsp3) is 0.625. The van der Waals surface area contributed by atoms with E-state index in [4.69, 9.17) is 17.3 Å². The molecule has 2 nitrogen and oxygen atoms in total. The molecule has 0 radical (unpaired) electrons. The molecule has 2 fully saturated rings. The number of anilines is 1. The van der Waals surface area contributed by atoms with Crippen LogP contribution in [-0.2, 0) is 6.54 Å². The number of nitrogen functional groups attached to an aromatic ring is 1. The van der Waals surface area contributed by atoms with E-state index in [1.165, 1.54) is 50.6 Å². The van der Waals surface area contributed by atoms with Crippen molar-refractivity contribution < 1.29 is 0 Å². The summed E-state index contributed by atoms with van der Waals surface area (Å²) >= 11 is 6.10. The molecular formula is C16H23ClN2. The third-order valence-corrected chi connectivity index (χ3v) is 5.07. The van der Waals surface area contributed by atoms with Crippen LogP contribution < -0.4 is 5.73 Å². The summed E-state index contributed by atoms with van der Waals surface area (Å²) in [5.41, 5.74) is 8.16. The first kappa shape index (κ1) is 13.3. The van der Waals surface area contributed by atoms with Crippen LogP contribution in [0.4, 0.5) is 5.69 Å². The summed E-state index contributed by atoms with van der Waals surface area (Å²) in [7, 11) is 0. The Kier molecular flexibility index (Phi) is 3.99. The predicted molar refractivity (Wildman–Crippen MR) is 81.3 cm³/mol. The maximum atomic E-state index is 6.10. The van der Waals surface area contributed by atoms with E-state index in [-0.39, 0.29) is 0 Å². The van der Waals surface area contributed by atoms with Crippen LogP contribution in [0.15, 0.2) is 18.2 Å². The summed E-state index contributed by atoms with van der Waals surface area (Å²) in [5.74, 6) is 0.919. The lowest BCUT2D eigenvalue weighted by Gasteiger charge is -2.44. The molecule has 0 amide bonds. The molecule has 1 saturated carbocycles. The van der Waals surface area contributed by atoms with Crippen molar-refractivity contribution in [2.24, 2.45) is 5.92 Å². The Hall–Kier alpha value is -0.730. The Morgan fingerprint density at radius 3 is 2.84 bits per heavy atom. The van der Waals surface area contributed by atoms with Gasteiger partial charge >= 0.3 is 0 Å². The number of fused-ring (bicyclic) bond motifs is 1. The molecule has 2 atom stereocenters. The Labute approximate surface area is 120 Å². The van der Waals surface area contributed by atoms with Crippen molar-refractivity contribution in [1.82, 2.24) is 4.90 Å². The molecule has 3 heteroatoms. The first-order chi connectivity index (χ1) is 9.24. The molecule has 3 rings (SSSR count). The molecule has 1 aliphatic carbocycles. The Morgan fingerprint density at radius 1 is 1.16 bits per heavy atom. The molecule has 0 spiro atoms. The van der Waals surface area contributed by atoms with Crippen molar-refractivity contribution in [3.63, 3.8) is 0 Å². The molecule has 1 aliphatic heterocycles. The van der Waals surface area contributed by atoms with E-state index < -0.39 is 0 Å². The highest BCUT2D eigenvalue weighted by Crippen LogP contribution is 2.36. The lowest BCUT2D eigenvalue weighted by atomic mass is 9.78. The zero-order valence-electron chi connectivity index (χ0n) is 11.4. The lowest BCUT2D eigenvalue weighted by molar-refractivity contribution is 0.0549. The van der Waals surface area contributed by atoms with Gasteiger partial charge in [0, 0.05) is 23.3 Å². The van der Waals surface area contributed by atoms with Gasteiger partial charge in [0.25, 0.3) is 0 Å². The van der Waals surface area contributed by atoms with E-state index in [9.17, 15) is 0 Å². The third-order valence-electron chi connectivity index (χ3n) is 4.84. The van der Waals surface area contributed by atoms with Crippen LogP contribution >= 0.6 is 11.6 Å². The number of piperidine rings is 1. The maximum Gasteiger partial charge on any atom is 0.0410 e. The molecule has 19 heavy (non-hydrogen) atoms. The summed E-state index contributed by atoms with van der Waals surface area (Å²) in [4.78, 5) is 2.65. The predicted octanol–water partition coefficient (Wildman–Crippen LogP) is 4.08. The Morgan fingerprint density at radius 2 is 1.95 bits per heavy atom. The van der Waals surface area contributed by atoms with Crippen LogP contribution in [0.25, 0.3) is 0 Å². The van der Waals surface area contributed by atoms with Gasteiger partial charge in [-0.25, -0.2) is 0 Å². The third kappa shape index (κ3) is 2.90. The zero-order chi connectivity index (χ0) is 13.2. The number of nitrogens with zero attached hydrogens (tertiary/aromatic N) is 1. The quantitative estimate of drug-likeness (QED) is 0.826. The molecule has 2 N–H and O–H groups in total. The van der Waals surface area contributed by atoms with Crippen molar-refractivity contribution in [3.05, 3.63) is 28.8 Å². The fourth-order valence-electron chi connectivity index (χ4n) is 3.85. The monoisotopic (exact) mass is 278 g/mol. The van der Waals surface area contributed by atoms with Gasteiger partial charge in [0.1, 0.15) is 0 Å². The van der Waals surface area contributed by atoms with Gasteiger partial charge in [-0.15, -0.1) is 0 Å². The first-order valence-electron chi connectivity index (χ1n) is 7.52. The molecule has 1 heterocycles. The van der Waals surface area contributed by atoms with Crippen LogP contribution in [-0.4, -0.2) is 17.5 Å². The minimum absolute atomic E-state index is 0.779. The lowest BCUT2D eigenvalue weighted by Crippen LogP contribution is -2.46. The first-order valence-corrected chi connectivity index (χ1v) is 7.90. The van der Waals surface area contributed by atoms with Gasteiger partial charge in [-0.3, -0.25) is 4.90 Å². The highest BCUT2D eigenvalue weighted by Gasteiger charge is 2.33. The van der Waals surface area contributed by atoms with E-state index in [0.29, 0.717) is 0 Å². The average Bonchev–Trinajstić information content (AvgIpc) is 2.43. The second-order valence-corrected chi connectivity index (χ2v) is 6.50. The van der Waals surface area contributed by atoms with E-state index in [0.717, 1.165) is 29.2 Å². The number of hydrogen-bond acceptors (Lipinski definition) is 2. The summed E-state index contributed by atoms with van der Waals surface area (Å²) in [6.45, 7) is 2.18. The Balaban J connectivity index is 1.75. The fourth-order valence-corrected chi connectivity index (χ4v) is 4.05. The summed E-state index contributed by atoms with van der Waals surface area (Å²) in [6, 6.07) is 6.62. The van der Waals surface area contributed by atoms with E-state index in [1.54, 1.807) is 0 Å². The molecular weight excluding hydrogens is 256 g/mol. The highest BCUT2D eigenvalue weighted by atomic mass is 35.5. The summed E-state index contributed by atoms with van der Waals surface area (Å²) in [6.07, 6.45) is 8.36. The molecule has 2 aliphatic rings. The van der Waals surface area contributed by atoms with Crippen LogP contribution in [0.5, 0.6) is 0 Å².